The van der Waals surface area contributed by atoms with Crippen LogP contribution in [0, 0.1) is 11.7 Å². The lowest BCUT2D eigenvalue weighted by atomic mass is 9.96. The highest BCUT2D eigenvalue weighted by molar-refractivity contribution is 5.21. The molecule has 0 saturated carbocycles. The van der Waals surface area contributed by atoms with Crippen LogP contribution in [0.1, 0.15) is 24.9 Å². The summed E-state index contributed by atoms with van der Waals surface area (Å²) in [5.74, 6) is 0.500. The largest absolute Gasteiger partial charge is 0.310 e. The lowest BCUT2D eigenvalue weighted by Crippen LogP contribution is -2.16. The number of hydrogen-bond donors (Lipinski definition) is 1. The monoisotopic (exact) mass is 179 g/mol. The molecule has 0 amide bonds. The van der Waals surface area contributed by atoms with Gasteiger partial charge in [-0.05, 0) is 36.6 Å². The predicted octanol–water partition coefficient (Wildman–Crippen LogP) is 2.50. The maximum Gasteiger partial charge on any atom is 0.123 e. The Morgan fingerprint density at radius 3 is 2.54 bits per heavy atom. The van der Waals surface area contributed by atoms with Crippen molar-refractivity contribution >= 4 is 0 Å². The van der Waals surface area contributed by atoms with E-state index in [4.69, 9.17) is 0 Å². The first kappa shape index (κ1) is 8.70. The van der Waals surface area contributed by atoms with Crippen LogP contribution in [0.2, 0.25) is 0 Å². The van der Waals surface area contributed by atoms with Gasteiger partial charge in [0, 0.05) is 6.04 Å². The number of rotatable bonds is 1. The lowest BCUT2D eigenvalue weighted by Gasteiger charge is -2.15. The molecule has 1 aromatic carbocycles. The van der Waals surface area contributed by atoms with Crippen LogP contribution in [0.15, 0.2) is 24.3 Å². The topological polar surface area (TPSA) is 12.0 Å². The average Bonchev–Trinajstić information content (AvgIpc) is 2.53. The van der Waals surface area contributed by atoms with Crippen LogP contribution in [0.5, 0.6) is 0 Å². The zero-order chi connectivity index (χ0) is 9.26. The van der Waals surface area contributed by atoms with Crippen LogP contribution in [0.25, 0.3) is 0 Å². The molecule has 0 aromatic heterocycles. The van der Waals surface area contributed by atoms with Crippen molar-refractivity contribution in [3.63, 3.8) is 0 Å². The molecule has 2 atom stereocenters. The molecular weight excluding hydrogens is 165 g/mol. The van der Waals surface area contributed by atoms with Crippen molar-refractivity contribution < 1.29 is 4.39 Å². The number of nitrogens with one attached hydrogen (secondary N) is 1. The van der Waals surface area contributed by atoms with Gasteiger partial charge in [-0.3, -0.25) is 0 Å². The van der Waals surface area contributed by atoms with Gasteiger partial charge < -0.3 is 5.32 Å². The molecule has 0 bridgehead atoms. The average molecular weight is 179 g/mol. The van der Waals surface area contributed by atoms with E-state index in [1.54, 1.807) is 0 Å². The van der Waals surface area contributed by atoms with Crippen LogP contribution in [-0.4, -0.2) is 6.54 Å². The lowest BCUT2D eigenvalue weighted by molar-refractivity contribution is 0.502. The number of hydrogen-bond acceptors (Lipinski definition) is 1. The standard InChI is InChI=1S/C11H14FN/c1-8-6-7-13-11(8)9-2-4-10(12)5-3-9/h2-5,8,11,13H,6-7H2,1H3. The Kier molecular flexibility index (Phi) is 2.32. The Bertz CT molecular complexity index is 281. The Balaban J connectivity index is 2.20. The Hall–Kier alpha value is -0.890. The van der Waals surface area contributed by atoms with Crippen molar-refractivity contribution in [3.05, 3.63) is 35.6 Å². The third kappa shape index (κ3) is 1.73. The maximum absolute atomic E-state index is 12.7. The first-order valence-electron chi connectivity index (χ1n) is 4.76. The minimum absolute atomic E-state index is 0.158. The molecule has 0 radical (unpaired) electrons. The molecule has 1 heterocycles. The fourth-order valence-corrected chi connectivity index (χ4v) is 1.95. The first-order chi connectivity index (χ1) is 6.27. The second-order valence-electron chi connectivity index (χ2n) is 3.75. The fourth-order valence-electron chi connectivity index (χ4n) is 1.95. The van der Waals surface area contributed by atoms with Crippen LogP contribution in [0.4, 0.5) is 4.39 Å². The van der Waals surface area contributed by atoms with Crippen molar-refractivity contribution in [1.82, 2.24) is 5.32 Å². The molecule has 1 aromatic rings. The van der Waals surface area contributed by atoms with E-state index >= 15 is 0 Å². The molecule has 1 aliphatic heterocycles. The molecule has 0 spiro atoms. The van der Waals surface area contributed by atoms with Crippen LogP contribution in [-0.2, 0) is 0 Å². The van der Waals surface area contributed by atoms with Gasteiger partial charge in [-0.15, -0.1) is 0 Å². The Morgan fingerprint density at radius 2 is 2.00 bits per heavy atom. The van der Waals surface area contributed by atoms with E-state index in [0.717, 1.165) is 6.54 Å². The zero-order valence-corrected chi connectivity index (χ0v) is 7.76. The molecule has 13 heavy (non-hydrogen) atoms. The van der Waals surface area contributed by atoms with Crippen molar-refractivity contribution in [3.8, 4) is 0 Å². The van der Waals surface area contributed by atoms with Gasteiger partial charge in [-0.25, -0.2) is 4.39 Å². The van der Waals surface area contributed by atoms with Crippen LogP contribution >= 0.6 is 0 Å². The molecule has 1 saturated heterocycles. The van der Waals surface area contributed by atoms with Crippen molar-refractivity contribution in [2.75, 3.05) is 6.54 Å². The fraction of sp³-hybridized carbons (Fsp3) is 0.455. The van der Waals surface area contributed by atoms with E-state index in [0.29, 0.717) is 12.0 Å². The van der Waals surface area contributed by atoms with Crippen LogP contribution in [0.3, 0.4) is 0 Å². The van der Waals surface area contributed by atoms with Crippen molar-refractivity contribution in [1.29, 1.82) is 0 Å². The second kappa shape index (κ2) is 3.46. The summed E-state index contributed by atoms with van der Waals surface area (Å²) in [7, 11) is 0. The first-order valence-corrected chi connectivity index (χ1v) is 4.76. The third-order valence-electron chi connectivity index (χ3n) is 2.76. The van der Waals surface area contributed by atoms with E-state index in [1.165, 1.54) is 24.1 Å². The summed E-state index contributed by atoms with van der Waals surface area (Å²) in [5.41, 5.74) is 1.20. The van der Waals surface area contributed by atoms with E-state index in [2.05, 4.69) is 12.2 Å². The summed E-state index contributed by atoms with van der Waals surface area (Å²) in [4.78, 5) is 0. The highest BCUT2D eigenvalue weighted by Gasteiger charge is 2.23. The molecule has 2 heteroatoms. The minimum Gasteiger partial charge on any atom is -0.310 e. The summed E-state index contributed by atoms with van der Waals surface area (Å²) < 4.78 is 12.7. The van der Waals surface area contributed by atoms with Gasteiger partial charge >= 0.3 is 0 Å². The van der Waals surface area contributed by atoms with Crippen molar-refractivity contribution in [2.45, 2.75) is 19.4 Å². The molecule has 0 aliphatic carbocycles. The summed E-state index contributed by atoms with van der Waals surface area (Å²) in [6, 6.07) is 7.22. The Morgan fingerprint density at radius 1 is 1.31 bits per heavy atom. The van der Waals surface area contributed by atoms with Gasteiger partial charge in [0.05, 0.1) is 0 Å². The van der Waals surface area contributed by atoms with Gasteiger partial charge in [0.15, 0.2) is 0 Å². The summed E-state index contributed by atoms with van der Waals surface area (Å²) in [6.07, 6.45) is 1.21. The summed E-state index contributed by atoms with van der Waals surface area (Å²) in [5, 5.41) is 3.42. The quantitative estimate of drug-likeness (QED) is 0.698. The molecule has 1 aliphatic rings. The van der Waals surface area contributed by atoms with Gasteiger partial charge in [0.25, 0.3) is 0 Å². The molecule has 1 N–H and O–H groups in total. The second-order valence-corrected chi connectivity index (χ2v) is 3.75. The molecule has 2 unspecified atom stereocenters. The van der Waals surface area contributed by atoms with E-state index in [-0.39, 0.29) is 5.82 Å². The van der Waals surface area contributed by atoms with Crippen molar-refractivity contribution in [2.24, 2.45) is 5.92 Å². The van der Waals surface area contributed by atoms with E-state index < -0.39 is 0 Å². The Labute approximate surface area is 78.0 Å². The van der Waals surface area contributed by atoms with Gasteiger partial charge in [-0.2, -0.15) is 0 Å². The third-order valence-corrected chi connectivity index (χ3v) is 2.76. The van der Waals surface area contributed by atoms with Gasteiger partial charge in [0.2, 0.25) is 0 Å². The van der Waals surface area contributed by atoms with Crippen LogP contribution < -0.4 is 5.32 Å². The molecule has 70 valence electrons. The SMILES string of the molecule is CC1CCNC1c1ccc(F)cc1. The smallest absolute Gasteiger partial charge is 0.123 e. The van der Waals surface area contributed by atoms with E-state index in [9.17, 15) is 4.39 Å². The molecule has 1 nitrogen and oxygen atoms in total. The molecule has 1 fully saturated rings. The highest BCUT2D eigenvalue weighted by Crippen LogP contribution is 2.28. The summed E-state index contributed by atoms with van der Waals surface area (Å²) >= 11 is 0. The number of benzene rings is 1. The number of halogens is 1. The maximum atomic E-state index is 12.7. The summed E-state index contributed by atoms with van der Waals surface area (Å²) in [6.45, 7) is 3.30. The van der Waals surface area contributed by atoms with E-state index in [1.807, 2.05) is 12.1 Å². The van der Waals surface area contributed by atoms with Gasteiger partial charge in [0.1, 0.15) is 5.82 Å². The normalized spacial score (nSPS) is 27.8. The zero-order valence-electron chi connectivity index (χ0n) is 7.76. The minimum atomic E-state index is -0.158. The molecule has 2 rings (SSSR count). The highest BCUT2D eigenvalue weighted by atomic mass is 19.1. The predicted molar refractivity (Wildman–Crippen MR) is 50.9 cm³/mol. The van der Waals surface area contributed by atoms with Gasteiger partial charge in [-0.1, -0.05) is 19.1 Å². The molecular formula is C11H14FN.